The standard InChI is InChI=1S/C18H29NO11S/c1-2-3-28-4-5-29-6-7-31-18(17(26)27)8-11(22)14(19-13(24)10-21)16(30-18)15(25)12(23)9-20/h1,11-12,14-16,20-23,25H,3-10H2,(H,19,24)(H,26,27)/t11-,12+,14+,15+,16+,18+/m0/s1. The zero-order valence-corrected chi connectivity index (χ0v) is 17.6. The van der Waals surface area contributed by atoms with Crippen molar-refractivity contribution in [2.75, 3.05) is 45.4 Å². The number of thioether (sulfide) groups is 1. The zero-order valence-electron chi connectivity index (χ0n) is 16.8. The van der Waals surface area contributed by atoms with Crippen LogP contribution in [0.1, 0.15) is 6.42 Å². The van der Waals surface area contributed by atoms with Gasteiger partial charge in [-0.1, -0.05) is 5.92 Å². The zero-order chi connectivity index (χ0) is 23.4. The highest BCUT2D eigenvalue weighted by Crippen LogP contribution is 2.40. The first-order chi connectivity index (χ1) is 14.7. The number of carbonyl (C=O) groups excluding carboxylic acids is 1. The Morgan fingerprint density at radius 3 is 2.52 bits per heavy atom. The van der Waals surface area contributed by atoms with Crippen LogP contribution >= 0.6 is 11.8 Å². The number of aliphatic hydroxyl groups excluding tert-OH is 5. The maximum Gasteiger partial charge on any atom is 0.346 e. The second-order valence-corrected chi connectivity index (χ2v) is 7.98. The van der Waals surface area contributed by atoms with Crippen LogP contribution in [-0.2, 0) is 23.8 Å². The number of aliphatic hydroxyl groups is 5. The molecule has 178 valence electrons. The first-order valence-corrected chi connectivity index (χ1v) is 10.4. The van der Waals surface area contributed by atoms with Gasteiger partial charge in [0.15, 0.2) is 0 Å². The largest absolute Gasteiger partial charge is 0.478 e. The van der Waals surface area contributed by atoms with Crippen LogP contribution < -0.4 is 5.32 Å². The fourth-order valence-electron chi connectivity index (χ4n) is 2.89. The van der Waals surface area contributed by atoms with Crippen LogP contribution in [0, 0.1) is 12.3 Å². The van der Waals surface area contributed by atoms with Gasteiger partial charge >= 0.3 is 5.97 Å². The molecular formula is C18H29NO11S. The number of ether oxygens (including phenoxy) is 3. The minimum Gasteiger partial charge on any atom is -0.478 e. The number of nitrogens with one attached hydrogen (secondary N) is 1. The Labute approximate surface area is 183 Å². The van der Waals surface area contributed by atoms with E-state index in [4.69, 9.17) is 30.8 Å². The number of carboxylic acids is 1. The highest BCUT2D eigenvalue weighted by atomic mass is 32.2. The molecule has 0 radical (unpaired) electrons. The molecule has 1 aliphatic heterocycles. The van der Waals surface area contributed by atoms with Crippen molar-refractivity contribution in [1.82, 2.24) is 5.32 Å². The van der Waals surface area contributed by atoms with E-state index in [2.05, 4.69) is 11.2 Å². The van der Waals surface area contributed by atoms with E-state index in [0.717, 1.165) is 11.8 Å². The summed E-state index contributed by atoms with van der Waals surface area (Å²) in [6, 6.07) is -1.34. The molecule has 13 heteroatoms. The van der Waals surface area contributed by atoms with Crippen molar-refractivity contribution in [2.24, 2.45) is 0 Å². The molecule has 12 nitrogen and oxygen atoms in total. The highest BCUT2D eigenvalue weighted by molar-refractivity contribution is 8.01. The van der Waals surface area contributed by atoms with E-state index in [9.17, 15) is 30.0 Å². The molecule has 1 aliphatic rings. The lowest BCUT2D eigenvalue weighted by Gasteiger charge is -2.46. The SMILES string of the molecule is C#CCOCCOCCS[C@@]1(C(=O)O)C[C@H](O)[C@@H](NC(=O)CO)[C@H]([C@H](O)[C@H](O)CO)O1. The monoisotopic (exact) mass is 467 g/mol. The molecule has 7 N–H and O–H groups in total. The van der Waals surface area contributed by atoms with Gasteiger partial charge in [0.25, 0.3) is 0 Å². The van der Waals surface area contributed by atoms with E-state index in [-0.39, 0.29) is 32.2 Å². The van der Waals surface area contributed by atoms with Gasteiger partial charge in [0.1, 0.15) is 31.5 Å². The van der Waals surface area contributed by atoms with Gasteiger partial charge in [-0.2, -0.15) is 0 Å². The average Bonchev–Trinajstić information content (AvgIpc) is 2.75. The first-order valence-electron chi connectivity index (χ1n) is 9.41. The summed E-state index contributed by atoms with van der Waals surface area (Å²) >= 11 is 0.795. The predicted octanol–water partition coefficient (Wildman–Crippen LogP) is -3.49. The quantitative estimate of drug-likeness (QED) is 0.0985. The highest BCUT2D eigenvalue weighted by Gasteiger charge is 2.55. The Kier molecular flexibility index (Phi) is 12.3. The summed E-state index contributed by atoms with van der Waals surface area (Å²) in [5.74, 6) is 0.0783. The topological polar surface area (TPSA) is 195 Å². The van der Waals surface area contributed by atoms with Crippen LogP contribution in [-0.4, -0.2) is 123 Å². The van der Waals surface area contributed by atoms with Gasteiger partial charge < -0.3 is 50.2 Å². The van der Waals surface area contributed by atoms with Crippen LogP contribution in [0.5, 0.6) is 0 Å². The molecule has 0 aliphatic carbocycles. The van der Waals surface area contributed by atoms with Crippen LogP contribution in [0.2, 0.25) is 0 Å². The van der Waals surface area contributed by atoms with Gasteiger partial charge in [0.2, 0.25) is 10.8 Å². The molecule has 31 heavy (non-hydrogen) atoms. The molecule has 1 saturated heterocycles. The van der Waals surface area contributed by atoms with E-state index in [1.54, 1.807) is 0 Å². The third kappa shape index (κ3) is 8.19. The number of terminal acetylenes is 1. The third-order valence-corrected chi connectivity index (χ3v) is 5.68. The fourth-order valence-corrected chi connectivity index (χ4v) is 4.01. The predicted molar refractivity (Wildman–Crippen MR) is 107 cm³/mol. The van der Waals surface area contributed by atoms with Gasteiger partial charge in [0.05, 0.1) is 38.6 Å². The Hall–Kier alpha value is -1.47. The molecule has 1 fully saturated rings. The molecule has 0 aromatic carbocycles. The van der Waals surface area contributed by atoms with Gasteiger partial charge in [0, 0.05) is 12.2 Å². The first kappa shape index (κ1) is 27.6. The van der Waals surface area contributed by atoms with Crippen LogP contribution in [0.3, 0.4) is 0 Å². The summed E-state index contributed by atoms with van der Waals surface area (Å²) in [4.78, 5) is 21.6. The van der Waals surface area contributed by atoms with Gasteiger partial charge in [-0.25, -0.2) is 4.79 Å². The van der Waals surface area contributed by atoms with Gasteiger partial charge in [-0.05, 0) is 0 Å². The van der Waals surface area contributed by atoms with Crippen molar-refractivity contribution in [2.45, 2.75) is 41.8 Å². The molecule has 1 rings (SSSR count). The van der Waals surface area contributed by atoms with Crippen molar-refractivity contribution in [1.29, 1.82) is 0 Å². The number of carbonyl (C=O) groups is 2. The van der Waals surface area contributed by atoms with E-state index < -0.39 is 66.9 Å². The molecule has 0 aromatic rings. The average molecular weight is 467 g/mol. The normalized spacial score (nSPS) is 27.8. The maximum absolute atomic E-state index is 12.0. The smallest absolute Gasteiger partial charge is 0.346 e. The molecule has 6 atom stereocenters. The minimum atomic E-state index is -2.02. The van der Waals surface area contributed by atoms with E-state index in [1.165, 1.54) is 0 Å². The van der Waals surface area contributed by atoms with Crippen LogP contribution in [0.25, 0.3) is 0 Å². The molecule has 0 saturated carbocycles. The van der Waals surface area contributed by atoms with E-state index in [0.29, 0.717) is 0 Å². The summed E-state index contributed by atoms with van der Waals surface area (Å²) in [5.41, 5.74) is 0. The van der Waals surface area contributed by atoms with Gasteiger partial charge in [-0.3, -0.25) is 4.79 Å². The minimum absolute atomic E-state index is 0.121. The lowest BCUT2D eigenvalue weighted by atomic mass is 9.89. The molecular weight excluding hydrogens is 438 g/mol. The van der Waals surface area contributed by atoms with Crippen LogP contribution in [0.4, 0.5) is 0 Å². The van der Waals surface area contributed by atoms with Crippen molar-refractivity contribution in [3.8, 4) is 12.3 Å². The summed E-state index contributed by atoms with van der Waals surface area (Å²) in [6.07, 6.45) is -2.09. The number of carboxylic acid groups (broad SMARTS) is 1. The fraction of sp³-hybridized carbons (Fsp3) is 0.778. The van der Waals surface area contributed by atoms with Crippen molar-refractivity contribution >= 4 is 23.6 Å². The number of rotatable bonds is 14. The molecule has 0 spiro atoms. The van der Waals surface area contributed by atoms with Gasteiger partial charge in [-0.15, -0.1) is 18.2 Å². The number of hydrogen-bond acceptors (Lipinski definition) is 11. The third-order valence-electron chi connectivity index (χ3n) is 4.41. The second kappa shape index (κ2) is 13.8. The van der Waals surface area contributed by atoms with Crippen molar-refractivity contribution in [3.63, 3.8) is 0 Å². The van der Waals surface area contributed by atoms with Crippen molar-refractivity contribution < 1.29 is 54.4 Å². The van der Waals surface area contributed by atoms with E-state index in [1.807, 2.05) is 0 Å². The number of aliphatic carboxylic acids is 1. The molecule has 0 aromatic heterocycles. The Morgan fingerprint density at radius 1 is 1.26 bits per heavy atom. The van der Waals surface area contributed by atoms with Crippen molar-refractivity contribution in [3.05, 3.63) is 0 Å². The summed E-state index contributed by atoms with van der Waals surface area (Å²) in [5, 5.41) is 60.7. The molecule has 0 bridgehead atoms. The lowest BCUT2D eigenvalue weighted by Crippen LogP contribution is -2.66. The number of hydrogen-bond donors (Lipinski definition) is 7. The Balaban J connectivity index is 2.87. The summed E-state index contributed by atoms with van der Waals surface area (Å²) in [6.45, 7) is -1.05. The van der Waals surface area contributed by atoms with E-state index >= 15 is 0 Å². The Bertz CT molecular complexity index is 616. The summed E-state index contributed by atoms with van der Waals surface area (Å²) in [7, 11) is 0. The number of amides is 1. The van der Waals surface area contributed by atoms with Crippen LogP contribution in [0.15, 0.2) is 0 Å². The lowest BCUT2D eigenvalue weighted by molar-refractivity contribution is -0.205. The second-order valence-electron chi connectivity index (χ2n) is 6.62. The molecule has 1 heterocycles. The summed E-state index contributed by atoms with van der Waals surface area (Å²) < 4.78 is 15.9. The molecule has 0 unspecified atom stereocenters. The Morgan fingerprint density at radius 2 is 1.94 bits per heavy atom. The maximum atomic E-state index is 12.0. The molecule has 1 amide bonds.